The summed E-state index contributed by atoms with van der Waals surface area (Å²) in [6.45, 7) is 5.55. The number of hydrogen-bond donors (Lipinski definition) is 1. The van der Waals surface area contributed by atoms with E-state index in [1.54, 1.807) is 0 Å². The number of anilines is 1. The molecule has 0 aliphatic carbocycles. The van der Waals surface area contributed by atoms with Crippen molar-refractivity contribution < 1.29 is 14.5 Å². The summed E-state index contributed by atoms with van der Waals surface area (Å²) < 4.78 is 0. The Morgan fingerprint density at radius 2 is 1.78 bits per heavy atom. The molecule has 0 fully saturated rings. The van der Waals surface area contributed by atoms with Gasteiger partial charge in [-0.2, -0.15) is 0 Å². The Balaban J connectivity index is 2.10. The highest BCUT2D eigenvalue weighted by Crippen LogP contribution is 2.31. The minimum atomic E-state index is -0.518. The van der Waals surface area contributed by atoms with Gasteiger partial charge >= 0.3 is 0 Å². The number of aryl methyl sites for hydroxylation is 1. The molecule has 7 nitrogen and oxygen atoms in total. The van der Waals surface area contributed by atoms with E-state index in [0.29, 0.717) is 11.3 Å². The molecule has 0 bridgehead atoms. The first-order valence-electron chi connectivity index (χ1n) is 8.23. The molecule has 27 heavy (non-hydrogen) atoms. The van der Waals surface area contributed by atoms with Crippen molar-refractivity contribution in [2.24, 2.45) is 0 Å². The Kier molecular flexibility index (Phi) is 4.85. The number of carbonyl (C=O) groups excluding carboxylic acids is 2. The molecule has 0 unspecified atom stereocenters. The molecule has 1 aliphatic rings. The van der Waals surface area contributed by atoms with Crippen molar-refractivity contribution in [3.63, 3.8) is 0 Å². The maximum Gasteiger partial charge on any atom is 0.278 e. The van der Waals surface area contributed by atoms with Gasteiger partial charge in [-0.3, -0.25) is 24.6 Å². The van der Waals surface area contributed by atoms with Crippen LogP contribution in [0.2, 0.25) is 0 Å². The zero-order chi connectivity index (χ0) is 19.6. The summed E-state index contributed by atoms with van der Waals surface area (Å²) >= 11 is 0. The first-order valence-corrected chi connectivity index (χ1v) is 8.23. The minimum absolute atomic E-state index is 0.0765. The summed E-state index contributed by atoms with van der Waals surface area (Å²) in [5.41, 5.74) is 2.28. The van der Waals surface area contributed by atoms with Crippen LogP contribution in [0.5, 0.6) is 0 Å². The van der Waals surface area contributed by atoms with Crippen LogP contribution in [-0.2, 0) is 9.59 Å². The summed E-state index contributed by atoms with van der Waals surface area (Å²) in [4.78, 5) is 37.1. The Bertz CT molecular complexity index is 977. The van der Waals surface area contributed by atoms with Crippen LogP contribution >= 0.6 is 0 Å². The lowest BCUT2D eigenvalue weighted by Crippen LogP contribution is -2.32. The predicted octanol–water partition coefficient (Wildman–Crippen LogP) is 3.28. The number of nitrogens with zero attached hydrogens (tertiary/aromatic N) is 2. The van der Waals surface area contributed by atoms with Crippen LogP contribution in [0.4, 0.5) is 11.4 Å². The smallest absolute Gasteiger partial charge is 0.278 e. The predicted molar refractivity (Wildman–Crippen MR) is 102 cm³/mol. The molecule has 2 amide bonds. The third-order valence-corrected chi connectivity index (χ3v) is 4.25. The van der Waals surface area contributed by atoms with Crippen molar-refractivity contribution in [1.29, 1.82) is 0 Å². The molecule has 7 heteroatoms. The number of rotatable bonds is 6. The maximum absolute atomic E-state index is 12.8. The number of nitro groups is 1. The minimum Gasteiger partial charge on any atom is -0.350 e. The van der Waals surface area contributed by atoms with Gasteiger partial charge in [0.1, 0.15) is 5.70 Å². The van der Waals surface area contributed by atoms with Gasteiger partial charge in [-0.25, -0.2) is 0 Å². The summed E-state index contributed by atoms with van der Waals surface area (Å²) in [6, 6.07) is 12.9. The number of benzene rings is 2. The van der Waals surface area contributed by atoms with E-state index in [-0.39, 0.29) is 23.5 Å². The number of hydrogen-bond acceptors (Lipinski definition) is 5. The average Bonchev–Trinajstić information content (AvgIpc) is 2.88. The Morgan fingerprint density at radius 1 is 1.11 bits per heavy atom. The van der Waals surface area contributed by atoms with Gasteiger partial charge in [0, 0.05) is 24.4 Å². The lowest BCUT2D eigenvalue weighted by Gasteiger charge is -2.13. The van der Waals surface area contributed by atoms with Gasteiger partial charge < -0.3 is 5.32 Å². The van der Waals surface area contributed by atoms with Crippen LogP contribution in [-0.4, -0.2) is 28.2 Å². The van der Waals surface area contributed by atoms with Crippen LogP contribution in [0, 0.1) is 17.0 Å². The van der Waals surface area contributed by atoms with Crippen LogP contribution in [0.15, 0.2) is 66.9 Å². The first-order chi connectivity index (χ1) is 12.9. The van der Waals surface area contributed by atoms with E-state index < -0.39 is 16.7 Å². The molecule has 0 spiro atoms. The van der Waals surface area contributed by atoms with E-state index in [1.807, 2.05) is 31.2 Å². The van der Waals surface area contributed by atoms with Gasteiger partial charge in [0.05, 0.1) is 10.5 Å². The van der Waals surface area contributed by atoms with E-state index >= 15 is 0 Å². The van der Waals surface area contributed by atoms with Crippen LogP contribution in [0.25, 0.3) is 5.57 Å². The summed E-state index contributed by atoms with van der Waals surface area (Å²) in [5.74, 6) is -0.929. The molecular weight excluding hydrogens is 346 g/mol. The molecule has 2 aromatic rings. The van der Waals surface area contributed by atoms with Crippen molar-refractivity contribution in [2.45, 2.75) is 6.92 Å². The number of amides is 2. The summed E-state index contributed by atoms with van der Waals surface area (Å²) in [7, 11) is 0. The van der Waals surface area contributed by atoms with E-state index in [2.05, 4.69) is 11.9 Å². The average molecular weight is 363 g/mol. The van der Waals surface area contributed by atoms with E-state index in [1.165, 1.54) is 30.3 Å². The molecule has 1 N–H and O–H groups in total. The SMILES string of the molecule is C=CCN1C(=O)C(Nc2ccccc2C)=C(c2ccc([N+](=O)[O-])cc2)C1=O. The molecule has 0 saturated carbocycles. The third-order valence-electron chi connectivity index (χ3n) is 4.25. The summed E-state index contributed by atoms with van der Waals surface area (Å²) in [6.07, 6.45) is 1.47. The lowest BCUT2D eigenvalue weighted by atomic mass is 10.0. The molecular formula is C20H17N3O4. The standard InChI is InChI=1S/C20H17N3O4/c1-3-12-22-19(24)17(14-8-10-15(11-9-14)23(26)27)18(20(22)25)21-16-7-5-4-6-13(16)2/h3-11,21H,1,12H2,2H3. The normalized spacial score (nSPS) is 13.9. The van der Waals surface area contributed by atoms with Crippen molar-refractivity contribution in [3.05, 3.63) is 88.1 Å². The summed E-state index contributed by atoms with van der Waals surface area (Å²) in [5, 5.41) is 13.9. The fraction of sp³-hybridized carbons (Fsp3) is 0.100. The largest absolute Gasteiger partial charge is 0.350 e. The van der Waals surface area contributed by atoms with Crippen LogP contribution in [0.3, 0.4) is 0 Å². The fourth-order valence-corrected chi connectivity index (χ4v) is 2.85. The monoisotopic (exact) mass is 363 g/mol. The number of nitrogens with one attached hydrogen (secondary N) is 1. The highest BCUT2D eigenvalue weighted by Gasteiger charge is 2.38. The molecule has 0 saturated heterocycles. The number of imide groups is 1. The van der Waals surface area contributed by atoms with Crippen LogP contribution in [0.1, 0.15) is 11.1 Å². The molecule has 1 aliphatic heterocycles. The highest BCUT2D eigenvalue weighted by atomic mass is 16.6. The Hall–Kier alpha value is -3.74. The van der Waals surface area contributed by atoms with Gasteiger partial charge in [0.15, 0.2) is 0 Å². The van der Waals surface area contributed by atoms with Crippen molar-refractivity contribution in [2.75, 3.05) is 11.9 Å². The fourth-order valence-electron chi connectivity index (χ4n) is 2.85. The van der Waals surface area contributed by atoms with Crippen molar-refractivity contribution >= 4 is 28.8 Å². The Labute approximate surface area is 155 Å². The highest BCUT2D eigenvalue weighted by molar-refractivity contribution is 6.36. The molecule has 136 valence electrons. The zero-order valence-corrected chi connectivity index (χ0v) is 14.6. The maximum atomic E-state index is 12.8. The van der Waals surface area contributed by atoms with Gasteiger partial charge in [0.25, 0.3) is 17.5 Å². The van der Waals surface area contributed by atoms with Crippen LogP contribution < -0.4 is 5.32 Å². The van der Waals surface area contributed by atoms with Gasteiger partial charge in [0.2, 0.25) is 0 Å². The van der Waals surface area contributed by atoms with Crippen molar-refractivity contribution in [1.82, 2.24) is 4.90 Å². The molecule has 2 aromatic carbocycles. The van der Waals surface area contributed by atoms with Gasteiger partial charge in [-0.05, 0) is 36.2 Å². The van der Waals surface area contributed by atoms with E-state index in [9.17, 15) is 19.7 Å². The van der Waals surface area contributed by atoms with E-state index in [4.69, 9.17) is 0 Å². The van der Waals surface area contributed by atoms with Crippen molar-refractivity contribution in [3.8, 4) is 0 Å². The third kappa shape index (κ3) is 3.35. The first kappa shape index (κ1) is 18.1. The second kappa shape index (κ2) is 7.25. The van der Waals surface area contributed by atoms with E-state index in [0.717, 1.165) is 10.5 Å². The lowest BCUT2D eigenvalue weighted by molar-refractivity contribution is -0.384. The van der Waals surface area contributed by atoms with Gasteiger partial charge in [-0.1, -0.05) is 24.3 Å². The number of carbonyl (C=O) groups is 2. The second-order valence-corrected chi connectivity index (χ2v) is 6.00. The number of nitro benzene ring substituents is 1. The quantitative estimate of drug-likeness (QED) is 0.368. The molecule has 3 rings (SSSR count). The van der Waals surface area contributed by atoms with Gasteiger partial charge in [-0.15, -0.1) is 6.58 Å². The molecule has 0 radical (unpaired) electrons. The second-order valence-electron chi connectivity index (χ2n) is 6.00. The zero-order valence-electron chi connectivity index (χ0n) is 14.6. The molecule has 0 aromatic heterocycles. The molecule has 0 atom stereocenters. The topological polar surface area (TPSA) is 92.6 Å². The molecule has 1 heterocycles. The number of para-hydroxylation sites is 1. The Morgan fingerprint density at radius 3 is 2.37 bits per heavy atom. The number of non-ortho nitro benzene ring substituents is 1.